The van der Waals surface area contributed by atoms with E-state index >= 15 is 0 Å². The molecule has 2 aromatic rings. The van der Waals surface area contributed by atoms with Crippen LogP contribution in [0.15, 0.2) is 23.3 Å². The summed E-state index contributed by atoms with van der Waals surface area (Å²) in [6, 6.07) is 1.81. The molecule has 6 nitrogen and oxygen atoms in total. The second-order valence-electron chi connectivity index (χ2n) is 7.05. The van der Waals surface area contributed by atoms with E-state index < -0.39 is 0 Å². The molecule has 130 valence electrons. The van der Waals surface area contributed by atoms with Crippen molar-refractivity contribution in [3.05, 3.63) is 57.0 Å². The lowest BCUT2D eigenvalue weighted by atomic mass is 9.94. The molecule has 0 bridgehead atoms. The van der Waals surface area contributed by atoms with Crippen molar-refractivity contribution in [2.45, 2.75) is 44.9 Å². The second kappa shape index (κ2) is 6.43. The van der Waals surface area contributed by atoms with Crippen LogP contribution in [0.1, 0.15) is 58.2 Å². The standard InChI is InChI=1S/C19H22N4O2/c1-12-9-20-10-17(21-12)14-5-3-7-23(11-14)19(25)15-8-13-4-2-6-16(13)22-18(15)24/h8-10,14H,2-7,11H2,1H3,(H,22,24)/t14-/m0/s1. The summed E-state index contributed by atoms with van der Waals surface area (Å²) >= 11 is 0. The number of aromatic nitrogens is 3. The SMILES string of the molecule is Cc1cncc([C@H]2CCCN(C(=O)c3cc4c([nH]c3=O)CCC4)C2)n1. The number of aromatic amines is 1. The smallest absolute Gasteiger partial charge is 0.261 e. The van der Waals surface area contributed by atoms with Crippen molar-refractivity contribution in [2.24, 2.45) is 0 Å². The Balaban J connectivity index is 1.57. The molecular weight excluding hydrogens is 316 g/mol. The van der Waals surface area contributed by atoms with Crippen molar-refractivity contribution in [1.82, 2.24) is 19.9 Å². The van der Waals surface area contributed by atoms with E-state index in [2.05, 4.69) is 15.0 Å². The Morgan fingerprint density at radius 2 is 2.16 bits per heavy atom. The van der Waals surface area contributed by atoms with Crippen molar-refractivity contribution in [2.75, 3.05) is 13.1 Å². The molecule has 1 amide bonds. The van der Waals surface area contributed by atoms with Gasteiger partial charge in [0.05, 0.1) is 11.4 Å². The van der Waals surface area contributed by atoms with Crippen LogP contribution in [0, 0.1) is 6.92 Å². The highest BCUT2D eigenvalue weighted by atomic mass is 16.2. The highest BCUT2D eigenvalue weighted by Crippen LogP contribution is 2.26. The third-order valence-electron chi connectivity index (χ3n) is 5.22. The first kappa shape index (κ1) is 16.0. The molecule has 1 aliphatic heterocycles. The van der Waals surface area contributed by atoms with E-state index in [1.165, 1.54) is 0 Å². The second-order valence-corrected chi connectivity index (χ2v) is 7.05. The summed E-state index contributed by atoms with van der Waals surface area (Å²) in [5.74, 6) is 0.0138. The summed E-state index contributed by atoms with van der Waals surface area (Å²) in [5.41, 5.74) is 3.94. The van der Waals surface area contributed by atoms with Gasteiger partial charge in [-0.25, -0.2) is 0 Å². The highest BCUT2D eigenvalue weighted by molar-refractivity contribution is 5.94. The number of likely N-dealkylation sites (tertiary alicyclic amines) is 1. The van der Waals surface area contributed by atoms with Crippen LogP contribution in [0.2, 0.25) is 0 Å². The Bertz CT molecular complexity index is 874. The quantitative estimate of drug-likeness (QED) is 0.908. The van der Waals surface area contributed by atoms with Gasteiger partial charge in [-0.05, 0) is 50.7 Å². The van der Waals surface area contributed by atoms with E-state index in [1.807, 2.05) is 6.92 Å². The molecule has 1 atom stereocenters. The van der Waals surface area contributed by atoms with Gasteiger partial charge in [-0.2, -0.15) is 0 Å². The minimum Gasteiger partial charge on any atom is -0.338 e. The zero-order valence-corrected chi connectivity index (χ0v) is 14.4. The first-order valence-corrected chi connectivity index (χ1v) is 8.94. The summed E-state index contributed by atoms with van der Waals surface area (Å²) in [7, 11) is 0. The van der Waals surface area contributed by atoms with Crippen LogP contribution in [0.5, 0.6) is 0 Å². The number of hydrogen-bond acceptors (Lipinski definition) is 4. The zero-order valence-electron chi connectivity index (χ0n) is 14.4. The lowest BCUT2D eigenvalue weighted by Gasteiger charge is -2.32. The molecule has 0 radical (unpaired) electrons. The average Bonchev–Trinajstić information content (AvgIpc) is 3.07. The summed E-state index contributed by atoms with van der Waals surface area (Å²) in [5, 5.41) is 0. The van der Waals surface area contributed by atoms with Crippen LogP contribution in [0.4, 0.5) is 0 Å². The fourth-order valence-corrected chi connectivity index (χ4v) is 3.93. The van der Waals surface area contributed by atoms with Crippen LogP contribution in [0.3, 0.4) is 0 Å². The molecular formula is C19H22N4O2. The summed E-state index contributed by atoms with van der Waals surface area (Å²) in [4.78, 5) is 38.7. The van der Waals surface area contributed by atoms with Gasteiger partial charge >= 0.3 is 0 Å². The van der Waals surface area contributed by atoms with Crippen molar-refractivity contribution >= 4 is 5.91 Å². The number of aryl methyl sites for hydroxylation is 3. The van der Waals surface area contributed by atoms with Gasteiger partial charge in [-0.15, -0.1) is 0 Å². The summed E-state index contributed by atoms with van der Waals surface area (Å²) < 4.78 is 0. The number of nitrogens with one attached hydrogen (secondary N) is 1. The van der Waals surface area contributed by atoms with Crippen LogP contribution in [-0.4, -0.2) is 38.8 Å². The minimum atomic E-state index is -0.261. The molecule has 1 saturated heterocycles. The number of carbonyl (C=O) groups excluding carboxylic acids is 1. The summed E-state index contributed by atoms with van der Waals surface area (Å²) in [6.07, 6.45) is 8.30. The van der Waals surface area contributed by atoms with Gasteiger partial charge in [0.15, 0.2) is 0 Å². The van der Waals surface area contributed by atoms with E-state index in [4.69, 9.17) is 0 Å². The molecule has 1 aliphatic carbocycles. The number of hydrogen-bond donors (Lipinski definition) is 1. The molecule has 1 N–H and O–H groups in total. The fraction of sp³-hybridized carbons (Fsp3) is 0.474. The molecule has 2 aliphatic rings. The molecule has 3 heterocycles. The average molecular weight is 338 g/mol. The van der Waals surface area contributed by atoms with E-state index in [0.717, 1.165) is 54.7 Å². The minimum absolute atomic E-state index is 0.165. The van der Waals surface area contributed by atoms with Crippen molar-refractivity contribution < 1.29 is 4.79 Å². The molecule has 6 heteroatoms. The van der Waals surface area contributed by atoms with Gasteiger partial charge in [0.1, 0.15) is 5.56 Å². The number of carbonyl (C=O) groups is 1. The van der Waals surface area contributed by atoms with Gasteiger partial charge in [0, 0.05) is 37.1 Å². The van der Waals surface area contributed by atoms with Crippen molar-refractivity contribution in [3.63, 3.8) is 0 Å². The fourth-order valence-electron chi connectivity index (χ4n) is 3.93. The molecule has 2 aromatic heterocycles. The highest BCUT2D eigenvalue weighted by Gasteiger charge is 2.28. The number of fused-ring (bicyclic) bond motifs is 1. The van der Waals surface area contributed by atoms with E-state index in [0.29, 0.717) is 13.1 Å². The summed E-state index contributed by atoms with van der Waals surface area (Å²) in [6.45, 7) is 3.20. The van der Waals surface area contributed by atoms with Crippen molar-refractivity contribution in [1.29, 1.82) is 0 Å². The lowest BCUT2D eigenvalue weighted by Crippen LogP contribution is -2.41. The Kier molecular flexibility index (Phi) is 4.11. The topological polar surface area (TPSA) is 79.0 Å². The third kappa shape index (κ3) is 3.08. The van der Waals surface area contributed by atoms with E-state index in [-0.39, 0.29) is 22.9 Å². The van der Waals surface area contributed by atoms with Crippen LogP contribution >= 0.6 is 0 Å². The lowest BCUT2D eigenvalue weighted by molar-refractivity contribution is 0.0704. The Morgan fingerprint density at radius 1 is 1.28 bits per heavy atom. The van der Waals surface area contributed by atoms with Gasteiger partial charge in [-0.3, -0.25) is 19.6 Å². The monoisotopic (exact) mass is 338 g/mol. The number of nitrogens with zero attached hydrogens (tertiary/aromatic N) is 3. The molecule has 0 aromatic carbocycles. The van der Waals surface area contributed by atoms with Gasteiger partial charge < -0.3 is 9.88 Å². The van der Waals surface area contributed by atoms with Gasteiger partial charge in [0.25, 0.3) is 11.5 Å². The zero-order chi connectivity index (χ0) is 17.4. The Labute approximate surface area is 146 Å². The van der Waals surface area contributed by atoms with Crippen molar-refractivity contribution in [3.8, 4) is 0 Å². The maximum Gasteiger partial charge on any atom is 0.261 e. The third-order valence-corrected chi connectivity index (χ3v) is 5.22. The van der Waals surface area contributed by atoms with Crippen LogP contribution < -0.4 is 5.56 Å². The Hall–Kier alpha value is -2.50. The largest absolute Gasteiger partial charge is 0.338 e. The number of amides is 1. The normalized spacial score (nSPS) is 19.7. The molecule has 0 saturated carbocycles. The predicted molar refractivity (Wildman–Crippen MR) is 93.7 cm³/mol. The van der Waals surface area contributed by atoms with Gasteiger partial charge in [-0.1, -0.05) is 0 Å². The van der Waals surface area contributed by atoms with Crippen LogP contribution in [-0.2, 0) is 12.8 Å². The van der Waals surface area contributed by atoms with E-state index in [1.54, 1.807) is 23.4 Å². The predicted octanol–water partition coefficient (Wildman–Crippen LogP) is 1.98. The van der Waals surface area contributed by atoms with Crippen LogP contribution in [0.25, 0.3) is 0 Å². The maximum atomic E-state index is 12.9. The molecule has 4 rings (SSSR count). The molecule has 1 fully saturated rings. The molecule has 0 unspecified atom stereocenters. The number of piperidine rings is 1. The molecule has 0 spiro atoms. The number of pyridine rings is 1. The number of rotatable bonds is 2. The first-order chi connectivity index (χ1) is 12.1. The first-order valence-electron chi connectivity index (χ1n) is 8.94. The Morgan fingerprint density at radius 3 is 3.00 bits per heavy atom. The number of H-pyrrole nitrogens is 1. The molecule has 25 heavy (non-hydrogen) atoms. The van der Waals surface area contributed by atoms with Gasteiger partial charge in [0.2, 0.25) is 0 Å². The maximum absolute atomic E-state index is 12.9. The van der Waals surface area contributed by atoms with E-state index in [9.17, 15) is 9.59 Å².